The number of nitrogens with one attached hydrogen (secondary N) is 1. The molecule has 0 saturated heterocycles. The quantitative estimate of drug-likeness (QED) is 0.442. The van der Waals surface area contributed by atoms with Gasteiger partial charge in [-0.3, -0.25) is 0 Å². The average molecular weight is 212 g/mol. The Bertz CT molecular complexity index is 143. The third kappa shape index (κ3) is 11.6. The lowest BCUT2D eigenvalue weighted by Crippen LogP contribution is -2.30. The van der Waals surface area contributed by atoms with Gasteiger partial charge in [0.1, 0.15) is 0 Å². The summed E-state index contributed by atoms with van der Waals surface area (Å²) < 4.78 is 0. The van der Waals surface area contributed by atoms with Crippen molar-refractivity contribution in [2.45, 2.75) is 39.5 Å². The van der Waals surface area contributed by atoms with E-state index in [1.54, 1.807) is 0 Å². The summed E-state index contributed by atoms with van der Waals surface area (Å²) in [6.45, 7) is 9.03. The van der Waals surface area contributed by atoms with Gasteiger partial charge >= 0.3 is 0 Å². The third-order valence-electron chi connectivity index (χ3n) is 2.39. The Labute approximate surface area is 95.7 Å². The molecule has 0 aliphatic carbocycles. The van der Waals surface area contributed by atoms with Gasteiger partial charge in [0.05, 0.1) is 0 Å². The molecule has 2 heteroatoms. The first kappa shape index (κ1) is 14.7. The fourth-order valence-corrected chi connectivity index (χ4v) is 1.48. The topological polar surface area (TPSA) is 15.3 Å². The summed E-state index contributed by atoms with van der Waals surface area (Å²) in [5.41, 5.74) is 0. The minimum absolute atomic E-state index is 1.11. The predicted molar refractivity (Wildman–Crippen MR) is 69.3 cm³/mol. The standard InChI is InChI=1S/C13H28N2/c1-4-6-7-8-9-10-14-11-13-15(3)12-5-2/h7-8,14H,4-6,9-13H2,1-3H3/b8-7+. The molecule has 0 aromatic carbocycles. The molecule has 0 aromatic heterocycles. The molecule has 0 heterocycles. The zero-order chi connectivity index (χ0) is 11.4. The van der Waals surface area contributed by atoms with Crippen LogP contribution in [-0.2, 0) is 0 Å². The van der Waals surface area contributed by atoms with Crippen molar-refractivity contribution in [1.82, 2.24) is 10.2 Å². The molecule has 2 nitrogen and oxygen atoms in total. The monoisotopic (exact) mass is 212 g/mol. The van der Waals surface area contributed by atoms with Crippen molar-refractivity contribution < 1.29 is 0 Å². The Hall–Kier alpha value is -0.340. The first-order valence-corrected chi connectivity index (χ1v) is 6.35. The summed E-state index contributed by atoms with van der Waals surface area (Å²) >= 11 is 0. The fraction of sp³-hybridized carbons (Fsp3) is 0.846. The van der Waals surface area contributed by atoms with Crippen LogP contribution in [0.5, 0.6) is 0 Å². The van der Waals surface area contributed by atoms with Crippen molar-refractivity contribution in [2.75, 3.05) is 33.2 Å². The molecule has 0 rings (SSSR count). The molecule has 15 heavy (non-hydrogen) atoms. The molecule has 1 N–H and O–H groups in total. The van der Waals surface area contributed by atoms with Gasteiger partial charge in [-0.2, -0.15) is 0 Å². The van der Waals surface area contributed by atoms with E-state index in [2.05, 4.69) is 43.3 Å². The summed E-state index contributed by atoms with van der Waals surface area (Å²) in [7, 11) is 2.19. The highest BCUT2D eigenvalue weighted by Gasteiger charge is 1.94. The maximum Gasteiger partial charge on any atom is 0.0104 e. The van der Waals surface area contributed by atoms with Gasteiger partial charge in [-0.05, 0) is 39.4 Å². The van der Waals surface area contributed by atoms with Crippen molar-refractivity contribution in [3.8, 4) is 0 Å². The van der Waals surface area contributed by atoms with Crippen LogP contribution in [0.3, 0.4) is 0 Å². The van der Waals surface area contributed by atoms with E-state index in [4.69, 9.17) is 0 Å². The average Bonchev–Trinajstić information content (AvgIpc) is 2.22. The Morgan fingerprint density at radius 2 is 1.67 bits per heavy atom. The lowest BCUT2D eigenvalue weighted by molar-refractivity contribution is 0.333. The van der Waals surface area contributed by atoms with Gasteiger partial charge in [0.25, 0.3) is 0 Å². The first-order valence-electron chi connectivity index (χ1n) is 6.35. The maximum absolute atomic E-state index is 3.46. The summed E-state index contributed by atoms with van der Waals surface area (Å²) in [5, 5.41) is 3.46. The highest BCUT2D eigenvalue weighted by atomic mass is 15.1. The summed E-state index contributed by atoms with van der Waals surface area (Å²) in [6.07, 6.45) is 9.45. The zero-order valence-corrected chi connectivity index (χ0v) is 10.8. The second-order valence-electron chi connectivity index (χ2n) is 4.10. The Kier molecular flexibility index (Phi) is 11.5. The van der Waals surface area contributed by atoms with Gasteiger partial charge in [0, 0.05) is 13.1 Å². The molecule has 0 aromatic rings. The number of rotatable bonds is 10. The predicted octanol–water partition coefficient (Wildman–Crippen LogP) is 2.66. The van der Waals surface area contributed by atoms with E-state index >= 15 is 0 Å². The van der Waals surface area contributed by atoms with E-state index in [1.165, 1.54) is 25.8 Å². The van der Waals surface area contributed by atoms with Crippen LogP contribution in [0.2, 0.25) is 0 Å². The number of hydrogen-bond acceptors (Lipinski definition) is 2. The zero-order valence-electron chi connectivity index (χ0n) is 10.8. The van der Waals surface area contributed by atoms with Crippen LogP contribution >= 0.6 is 0 Å². The van der Waals surface area contributed by atoms with Gasteiger partial charge < -0.3 is 10.2 Å². The lowest BCUT2D eigenvalue weighted by atomic mass is 10.3. The molecule has 0 amide bonds. The molecular formula is C13H28N2. The second kappa shape index (κ2) is 11.7. The number of likely N-dealkylation sites (N-methyl/N-ethyl adjacent to an activating group) is 1. The molecule has 0 saturated carbocycles. The smallest absolute Gasteiger partial charge is 0.0104 e. The molecule has 0 radical (unpaired) electrons. The molecule has 0 aliphatic heterocycles. The van der Waals surface area contributed by atoms with Crippen LogP contribution in [0, 0.1) is 0 Å². The van der Waals surface area contributed by atoms with Crippen molar-refractivity contribution in [3.63, 3.8) is 0 Å². The highest BCUT2D eigenvalue weighted by molar-refractivity contribution is 4.81. The fourth-order valence-electron chi connectivity index (χ4n) is 1.48. The molecule has 0 atom stereocenters. The van der Waals surface area contributed by atoms with E-state index in [0.29, 0.717) is 0 Å². The Morgan fingerprint density at radius 1 is 0.933 bits per heavy atom. The van der Waals surface area contributed by atoms with Crippen molar-refractivity contribution in [1.29, 1.82) is 0 Å². The molecule has 90 valence electrons. The normalized spacial score (nSPS) is 11.7. The van der Waals surface area contributed by atoms with Gasteiger partial charge in [-0.1, -0.05) is 32.4 Å². The molecule has 0 unspecified atom stereocenters. The van der Waals surface area contributed by atoms with Crippen LogP contribution in [0.1, 0.15) is 39.5 Å². The Morgan fingerprint density at radius 3 is 2.33 bits per heavy atom. The van der Waals surface area contributed by atoms with Crippen LogP contribution in [0.15, 0.2) is 12.2 Å². The number of hydrogen-bond donors (Lipinski definition) is 1. The van der Waals surface area contributed by atoms with E-state index in [9.17, 15) is 0 Å². The van der Waals surface area contributed by atoms with E-state index in [0.717, 1.165) is 26.1 Å². The largest absolute Gasteiger partial charge is 0.315 e. The number of allylic oxidation sites excluding steroid dienone is 1. The van der Waals surface area contributed by atoms with Gasteiger partial charge in [0.2, 0.25) is 0 Å². The molecule has 0 fully saturated rings. The van der Waals surface area contributed by atoms with Crippen LogP contribution < -0.4 is 5.32 Å². The second-order valence-corrected chi connectivity index (χ2v) is 4.10. The van der Waals surface area contributed by atoms with Crippen LogP contribution in [0.25, 0.3) is 0 Å². The molecule has 0 aliphatic rings. The van der Waals surface area contributed by atoms with Gasteiger partial charge in [-0.25, -0.2) is 0 Å². The van der Waals surface area contributed by atoms with E-state index in [1.807, 2.05) is 0 Å². The number of nitrogens with zero attached hydrogens (tertiary/aromatic N) is 1. The van der Waals surface area contributed by atoms with Gasteiger partial charge in [-0.15, -0.1) is 0 Å². The first-order chi connectivity index (χ1) is 7.31. The minimum Gasteiger partial charge on any atom is -0.315 e. The minimum atomic E-state index is 1.11. The lowest BCUT2D eigenvalue weighted by Gasteiger charge is -2.15. The van der Waals surface area contributed by atoms with Crippen LogP contribution in [-0.4, -0.2) is 38.1 Å². The van der Waals surface area contributed by atoms with Crippen molar-refractivity contribution >= 4 is 0 Å². The summed E-state index contributed by atoms with van der Waals surface area (Å²) in [4.78, 5) is 2.37. The summed E-state index contributed by atoms with van der Waals surface area (Å²) in [6, 6.07) is 0. The van der Waals surface area contributed by atoms with Crippen LogP contribution in [0.4, 0.5) is 0 Å². The van der Waals surface area contributed by atoms with Crippen molar-refractivity contribution in [3.05, 3.63) is 12.2 Å². The van der Waals surface area contributed by atoms with Crippen molar-refractivity contribution in [2.24, 2.45) is 0 Å². The SMILES string of the molecule is CCC/C=C/CCNCCN(C)CCC. The maximum atomic E-state index is 3.46. The molecular weight excluding hydrogens is 184 g/mol. The van der Waals surface area contributed by atoms with Gasteiger partial charge in [0.15, 0.2) is 0 Å². The third-order valence-corrected chi connectivity index (χ3v) is 2.39. The van der Waals surface area contributed by atoms with E-state index in [-0.39, 0.29) is 0 Å². The number of unbranched alkanes of at least 4 members (excludes halogenated alkanes) is 1. The molecule has 0 spiro atoms. The Balaban J connectivity index is 3.10. The van der Waals surface area contributed by atoms with E-state index < -0.39 is 0 Å². The summed E-state index contributed by atoms with van der Waals surface area (Å²) in [5.74, 6) is 0. The highest BCUT2D eigenvalue weighted by Crippen LogP contribution is 1.90. The molecule has 0 bridgehead atoms.